The second kappa shape index (κ2) is 9.48. The molecule has 0 spiro atoms. The third kappa shape index (κ3) is 3.74. The summed E-state index contributed by atoms with van der Waals surface area (Å²) < 4.78 is 9.12. The first-order valence-electron chi connectivity index (χ1n) is 14.1. The molecule has 0 radical (unpaired) electrons. The van der Waals surface area contributed by atoms with Gasteiger partial charge in [-0.15, -0.1) is 11.3 Å². The van der Waals surface area contributed by atoms with E-state index in [4.69, 9.17) is 19.7 Å². The molecule has 1 aliphatic heterocycles. The molecule has 0 unspecified atom stereocenters. The Kier molecular flexibility index (Phi) is 5.30. The Hall–Kier alpha value is -5.59. The van der Waals surface area contributed by atoms with Crippen LogP contribution in [0.5, 0.6) is 11.5 Å². The van der Waals surface area contributed by atoms with E-state index in [1.807, 2.05) is 78.9 Å². The number of anilines is 3. The fraction of sp³-hybridized carbons (Fsp3) is 0. The lowest BCUT2D eigenvalue weighted by atomic mass is 10.00. The van der Waals surface area contributed by atoms with E-state index in [-0.39, 0.29) is 0 Å². The van der Waals surface area contributed by atoms with Crippen LogP contribution in [0.15, 0.2) is 133 Å². The standard InChI is InChI=1S/C37H22N4OS/c1-3-13-23(14-4-1)35-38-36(24-15-5-2-6-16-24)40-37(39-35)41-28-20-10-11-21-29(28)42-33-26-18-8-7-17-25(26)31-27-19-9-12-22-30(27)43-34(31)32(33)41/h1-22H. The molecule has 2 aromatic heterocycles. The predicted octanol–water partition coefficient (Wildman–Crippen LogP) is 10.3. The molecular weight excluding hydrogens is 549 g/mol. The molecule has 0 aliphatic carbocycles. The normalized spacial score (nSPS) is 12.3. The molecule has 0 atom stereocenters. The minimum atomic E-state index is 0.541. The molecule has 1 aliphatic rings. The maximum Gasteiger partial charge on any atom is 0.239 e. The Labute approximate surface area is 251 Å². The first-order valence-corrected chi connectivity index (χ1v) is 14.9. The lowest BCUT2D eigenvalue weighted by Gasteiger charge is -2.32. The molecule has 8 aromatic rings. The van der Waals surface area contributed by atoms with Gasteiger partial charge < -0.3 is 4.74 Å². The zero-order valence-electron chi connectivity index (χ0n) is 22.8. The van der Waals surface area contributed by atoms with Crippen molar-refractivity contribution < 1.29 is 4.74 Å². The van der Waals surface area contributed by atoms with Crippen molar-refractivity contribution in [3.05, 3.63) is 133 Å². The van der Waals surface area contributed by atoms with Crippen molar-refractivity contribution >= 4 is 59.6 Å². The Morgan fingerprint density at radius 2 is 1.12 bits per heavy atom. The summed E-state index contributed by atoms with van der Waals surface area (Å²) in [5, 5.41) is 4.65. The lowest BCUT2D eigenvalue weighted by molar-refractivity contribution is 0.483. The third-order valence-corrected chi connectivity index (χ3v) is 9.07. The van der Waals surface area contributed by atoms with Crippen molar-refractivity contribution in [2.45, 2.75) is 0 Å². The van der Waals surface area contributed by atoms with E-state index in [2.05, 4.69) is 59.5 Å². The molecule has 0 amide bonds. The van der Waals surface area contributed by atoms with Crippen molar-refractivity contribution in [3.8, 4) is 34.3 Å². The van der Waals surface area contributed by atoms with E-state index in [0.29, 0.717) is 17.6 Å². The van der Waals surface area contributed by atoms with Crippen LogP contribution in [0.2, 0.25) is 0 Å². The van der Waals surface area contributed by atoms with Gasteiger partial charge in [-0.1, -0.05) is 115 Å². The van der Waals surface area contributed by atoms with Crippen LogP contribution < -0.4 is 9.64 Å². The van der Waals surface area contributed by atoms with Gasteiger partial charge >= 0.3 is 0 Å². The van der Waals surface area contributed by atoms with Crippen LogP contribution in [0.1, 0.15) is 0 Å². The molecule has 5 nitrogen and oxygen atoms in total. The molecule has 0 saturated heterocycles. The van der Waals surface area contributed by atoms with Crippen LogP contribution >= 0.6 is 11.3 Å². The number of ether oxygens (including phenoxy) is 1. The first-order chi connectivity index (χ1) is 21.3. The van der Waals surface area contributed by atoms with Crippen molar-refractivity contribution in [2.24, 2.45) is 0 Å². The van der Waals surface area contributed by atoms with Crippen LogP contribution in [0.3, 0.4) is 0 Å². The second-order valence-corrected chi connectivity index (χ2v) is 11.5. The van der Waals surface area contributed by atoms with Crippen molar-refractivity contribution in [2.75, 3.05) is 4.90 Å². The minimum absolute atomic E-state index is 0.541. The molecule has 6 heteroatoms. The number of aromatic nitrogens is 3. The largest absolute Gasteiger partial charge is 0.452 e. The van der Waals surface area contributed by atoms with E-state index >= 15 is 0 Å². The van der Waals surface area contributed by atoms with Gasteiger partial charge in [0.1, 0.15) is 5.69 Å². The molecule has 43 heavy (non-hydrogen) atoms. The Morgan fingerprint density at radius 3 is 1.84 bits per heavy atom. The van der Waals surface area contributed by atoms with Gasteiger partial charge in [0.15, 0.2) is 23.1 Å². The molecule has 0 bridgehead atoms. The average Bonchev–Trinajstić information content (AvgIpc) is 3.48. The highest BCUT2D eigenvalue weighted by atomic mass is 32.1. The van der Waals surface area contributed by atoms with Crippen molar-refractivity contribution in [3.63, 3.8) is 0 Å². The number of hydrogen-bond donors (Lipinski definition) is 0. The van der Waals surface area contributed by atoms with Gasteiger partial charge in [0.2, 0.25) is 5.95 Å². The van der Waals surface area contributed by atoms with Crippen molar-refractivity contribution in [1.82, 2.24) is 15.0 Å². The van der Waals surface area contributed by atoms with E-state index in [1.165, 1.54) is 20.9 Å². The number of fused-ring (bicyclic) bond motifs is 9. The van der Waals surface area contributed by atoms with Gasteiger partial charge in [-0.25, -0.2) is 4.98 Å². The maximum absolute atomic E-state index is 6.77. The number of rotatable bonds is 3. The molecule has 202 valence electrons. The fourth-order valence-electron chi connectivity index (χ4n) is 5.98. The van der Waals surface area contributed by atoms with E-state index in [1.54, 1.807) is 11.3 Å². The average molecular weight is 571 g/mol. The summed E-state index contributed by atoms with van der Waals surface area (Å²) in [5.41, 5.74) is 3.68. The Balaban J connectivity index is 1.42. The maximum atomic E-state index is 6.77. The molecular formula is C37H22N4OS. The number of para-hydroxylation sites is 2. The number of thiophene rings is 1. The van der Waals surface area contributed by atoms with Crippen LogP contribution in [0, 0.1) is 0 Å². The van der Waals surface area contributed by atoms with Crippen LogP contribution in [0.25, 0.3) is 53.7 Å². The fourth-order valence-corrected chi connectivity index (χ4v) is 7.23. The van der Waals surface area contributed by atoms with Crippen molar-refractivity contribution in [1.29, 1.82) is 0 Å². The summed E-state index contributed by atoms with van der Waals surface area (Å²) in [6, 6.07) is 45.4. The van der Waals surface area contributed by atoms with Gasteiger partial charge in [-0.2, -0.15) is 9.97 Å². The minimum Gasteiger partial charge on any atom is -0.452 e. The van der Waals surface area contributed by atoms with E-state index in [0.717, 1.165) is 44.1 Å². The second-order valence-electron chi connectivity index (χ2n) is 10.4. The van der Waals surface area contributed by atoms with E-state index < -0.39 is 0 Å². The summed E-state index contributed by atoms with van der Waals surface area (Å²) in [5.74, 6) is 3.32. The highest BCUT2D eigenvalue weighted by molar-refractivity contribution is 7.26. The topological polar surface area (TPSA) is 51.1 Å². The zero-order chi connectivity index (χ0) is 28.3. The SMILES string of the molecule is c1ccc(-c2nc(-c3ccccc3)nc(N3c4ccccc4Oc4c3c3sc5ccccc5c3c3ccccc43)n2)cc1. The molecule has 0 fully saturated rings. The predicted molar refractivity (Wildman–Crippen MR) is 176 cm³/mol. The zero-order valence-corrected chi connectivity index (χ0v) is 23.6. The van der Waals surface area contributed by atoms with Gasteiger partial charge in [-0.3, -0.25) is 4.90 Å². The van der Waals surface area contributed by atoms with Gasteiger partial charge in [-0.05, 0) is 23.6 Å². The third-order valence-electron chi connectivity index (χ3n) is 7.90. The molecule has 9 rings (SSSR count). The van der Waals surface area contributed by atoms with Crippen LogP contribution in [-0.4, -0.2) is 15.0 Å². The Morgan fingerprint density at radius 1 is 0.535 bits per heavy atom. The Bertz CT molecular complexity index is 2280. The first kappa shape index (κ1) is 24.1. The molecule has 6 aromatic carbocycles. The summed E-state index contributed by atoms with van der Waals surface area (Å²) in [7, 11) is 0. The summed E-state index contributed by atoms with van der Waals surface area (Å²) in [6.07, 6.45) is 0. The quantitative estimate of drug-likeness (QED) is 0.211. The van der Waals surface area contributed by atoms with Crippen LogP contribution in [0.4, 0.5) is 17.3 Å². The van der Waals surface area contributed by atoms with Crippen LogP contribution in [-0.2, 0) is 0 Å². The number of nitrogens with zero attached hydrogens (tertiary/aromatic N) is 4. The number of hydrogen-bond acceptors (Lipinski definition) is 6. The molecule has 0 saturated carbocycles. The van der Waals surface area contributed by atoms with Gasteiger partial charge in [0.25, 0.3) is 0 Å². The number of benzene rings is 6. The lowest BCUT2D eigenvalue weighted by Crippen LogP contribution is -2.19. The highest BCUT2D eigenvalue weighted by Crippen LogP contribution is 2.58. The monoisotopic (exact) mass is 570 g/mol. The smallest absolute Gasteiger partial charge is 0.239 e. The van der Waals surface area contributed by atoms with Gasteiger partial charge in [0.05, 0.1) is 10.4 Å². The molecule has 3 heterocycles. The summed E-state index contributed by atoms with van der Waals surface area (Å²) in [6.45, 7) is 0. The summed E-state index contributed by atoms with van der Waals surface area (Å²) in [4.78, 5) is 17.4. The molecule has 0 N–H and O–H groups in total. The van der Waals surface area contributed by atoms with Gasteiger partial charge in [0, 0.05) is 32.0 Å². The van der Waals surface area contributed by atoms with E-state index in [9.17, 15) is 0 Å². The highest BCUT2D eigenvalue weighted by Gasteiger charge is 2.33. The summed E-state index contributed by atoms with van der Waals surface area (Å²) >= 11 is 1.77.